The molecule has 0 bridgehead atoms. The molecule has 3 N–H and O–H groups in total. The van der Waals surface area contributed by atoms with Crippen LogP contribution in [0.15, 0.2) is 23.1 Å². The molecule has 1 aromatic carbocycles. The zero-order valence-corrected chi connectivity index (χ0v) is 16.6. The van der Waals surface area contributed by atoms with E-state index in [1.54, 1.807) is 0 Å². The summed E-state index contributed by atoms with van der Waals surface area (Å²) < 4.78 is 43.4. The average Bonchev–Trinajstić information content (AvgIpc) is 2.64. The second-order valence-corrected chi connectivity index (χ2v) is 8.44. The maximum Gasteiger partial charge on any atom is 0.324 e. The fourth-order valence-electron chi connectivity index (χ4n) is 2.22. The minimum atomic E-state index is -4.04. The highest BCUT2D eigenvalue weighted by molar-refractivity contribution is 7.98. The van der Waals surface area contributed by atoms with Crippen molar-refractivity contribution < 1.29 is 32.2 Å². The molecule has 2 atom stereocenters. The van der Waals surface area contributed by atoms with Crippen LogP contribution in [0.4, 0.5) is 0 Å². The smallest absolute Gasteiger partial charge is 0.324 e. The molecule has 0 spiro atoms. The molecule has 0 fully saturated rings. The number of carbonyl (C=O) groups excluding carboxylic acids is 2. The van der Waals surface area contributed by atoms with E-state index < -0.39 is 34.0 Å². The third kappa shape index (κ3) is 5.75. The predicted octanol–water partition coefficient (Wildman–Crippen LogP) is 0.275. The number of ether oxygens (including phenoxy) is 3. The molecule has 1 aromatic rings. The Labute approximate surface area is 162 Å². The number of benzene rings is 1. The SMILES string of the molecule is CSCC[C@@H](NS(=O)(=O)c1ccc2c(c1)OCCO2)C(=O)O[C@@H](C)C(N)=O. The first kappa shape index (κ1) is 21.3. The van der Waals surface area contributed by atoms with Crippen molar-refractivity contribution in [1.29, 1.82) is 0 Å². The number of nitrogens with one attached hydrogen (secondary N) is 1. The van der Waals surface area contributed by atoms with Crippen LogP contribution in [-0.4, -0.2) is 57.7 Å². The van der Waals surface area contributed by atoms with E-state index in [0.717, 1.165) is 0 Å². The van der Waals surface area contributed by atoms with Gasteiger partial charge in [-0.1, -0.05) is 0 Å². The molecular formula is C16H22N2O7S2. The number of nitrogens with two attached hydrogens (primary N) is 1. The van der Waals surface area contributed by atoms with E-state index in [4.69, 9.17) is 19.9 Å². The third-order valence-corrected chi connectivity index (χ3v) is 5.82. The van der Waals surface area contributed by atoms with E-state index in [9.17, 15) is 18.0 Å². The highest BCUT2D eigenvalue weighted by Crippen LogP contribution is 2.32. The number of sulfonamides is 1. The first-order chi connectivity index (χ1) is 12.7. The van der Waals surface area contributed by atoms with Crippen LogP contribution in [0.25, 0.3) is 0 Å². The van der Waals surface area contributed by atoms with Crippen molar-refractivity contribution in [1.82, 2.24) is 4.72 Å². The van der Waals surface area contributed by atoms with Gasteiger partial charge in [0.25, 0.3) is 5.91 Å². The van der Waals surface area contributed by atoms with E-state index in [1.807, 2.05) is 6.26 Å². The summed E-state index contributed by atoms with van der Waals surface area (Å²) in [4.78, 5) is 23.3. The van der Waals surface area contributed by atoms with Gasteiger partial charge >= 0.3 is 5.97 Å². The molecular weight excluding hydrogens is 396 g/mol. The summed E-state index contributed by atoms with van der Waals surface area (Å²) >= 11 is 1.44. The Hall–Kier alpha value is -1.98. The average molecular weight is 418 g/mol. The summed E-state index contributed by atoms with van der Waals surface area (Å²) in [6.07, 6.45) is 0.854. The highest BCUT2D eigenvalue weighted by atomic mass is 32.2. The van der Waals surface area contributed by atoms with Gasteiger partial charge in [0.1, 0.15) is 19.3 Å². The van der Waals surface area contributed by atoms with Crippen LogP contribution < -0.4 is 19.9 Å². The third-order valence-electron chi connectivity index (χ3n) is 3.71. The molecule has 1 aliphatic rings. The van der Waals surface area contributed by atoms with Crippen LogP contribution in [0.3, 0.4) is 0 Å². The summed E-state index contributed by atoms with van der Waals surface area (Å²) in [5.74, 6) is -0.407. The fraction of sp³-hybridized carbons (Fsp3) is 0.500. The van der Waals surface area contributed by atoms with Gasteiger partial charge in [0.2, 0.25) is 10.0 Å². The lowest BCUT2D eigenvalue weighted by molar-refractivity contribution is -0.155. The van der Waals surface area contributed by atoms with E-state index >= 15 is 0 Å². The molecule has 1 aliphatic heterocycles. The second-order valence-electron chi connectivity index (χ2n) is 5.74. The summed E-state index contributed by atoms with van der Waals surface area (Å²) in [7, 11) is -4.04. The van der Waals surface area contributed by atoms with Gasteiger partial charge in [0.15, 0.2) is 17.6 Å². The van der Waals surface area contributed by atoms with Gasteiger partial charge in [-0.05, 0) is 37.5 Å². The molecule has 0 unspecified atom stereocenters. The van der Waals surface area contributed by atoms with Crippen LogP contribution in [0.5, 0.6) is 11.5 Å². The molecule has 1 amide bonds. The zero-order valence-electron chi connectivity index (χ0n) is 15.0. The van der Waals surface area contributed by atoms with Crippen molar-refractivity contribution in [2.75, 3.05) is 25.2 Å². The quantitative estimate of drug-likeness (QED) is 0.546. The summed E-state index contributed by atoms with van der Waals surface area (Å²) in [6, 6.07) is 3.03. The molecule has 27 heavy (non-hydrogen) atoms. The van der Waals surface area contributed by atoms with E-state index in [2.05, 4.69) is 4.72 Å². The fourth-order valence-corrected chi connectivity index (χ4v) is 3.93. The topological polar surface area (TPSA) is 134 Å². The Morgan fingerprint density at radius 2 is 1.96 bits per heavy atom. The number of primary amides is 1. The van der Waals surface area contributed by atoms with Gasteiger partial charge in [-0.3, -0.25) is 9.59 Å². The van der Waals surface area contributed by atoms with Crippen molar-refractivity contribution in [2.45, 2.75) is 30.4 Å². The molecule has 0 aliphatic carbocycles. The van der Waals surface area contributed by atoms with Crippen molar-refractivity contribution in [2.24, 2.45) is 5.73 Å². The number of hydrogen-bond acceptors (Lipinski definition) is 8. The molecule has 0 saturated carbocycles. The molecule has 11 heteroatoms. The minimum absolute atomic E-state index is 0.0725. The molecule has 0 aromatic heterocycles. The molecule has 0 radical (unpaired) electrons. The van der Waals surface area contributed by atoms with E-state index in [1.165, 1.54) is 36.9 Å². The number of rotatable bonds is 9. The van der Waals surface area contributed by atoms with Gasteiger partial charge in [-0.15, -0.1) is 0 Å². The summed E-state index contributed by atoms with van der Waals surface area (Å²) in [6.45, 7) is 2.02. The van der Waals surface area contributed by atoms with Crippen molar-refractivity contribution in [3.05, 3.63) is 18.2 Å². The number of thioether (sulfide) groups is 1. The van der Waals surface area contributed by atoms with Gasteiger partial charge in [0, 0.05) is 6.07 Å². The van der Waals surface area contributed by atoms with Crippen molar-refractivity contribution >= 4 is 33.7 Å². The number of hydrogen-bond donors (Lipinski definition) is 2. The normalized spacial score (nSPS) is 15.6. The van der Waals surface area contributed by atoms with Crippen molar-refractivity contribution in [3.8, 4) is 11.5 Å². The Morgan fingerprint density at radius 1 is 1.30 bits per heavy atom. The maximum atomic E-state index is 12.7. The zero-order chi connectivity index (χ0) is 20.0. The van der Waals surface area contributed by atoms with Crippen LogP contribution in [-0.2, 0) is 24.3 Å². The van der Waals surface area contributed by atoms with E-state index in [0.29, 0.717) is 30.5 Å². The lowest BCUT2D eigenvalue weighted by atomic mass is 10.2. The Kier molecular flexibility index (Phi) is 7.33. The summed E-state index contributed by atoms with van der Waals surface area (Å²) in [5.41, 5.74) is 5.08. The lowest BCUT2D eigenvalue weighted by Gasteiger charge is -2.21. The van der Waals surface area contributed by atoms with Gasteiger partial charge in [-0.25, -0.2) is 8.42 Å². The molecule has 2 rings (SSSR count). The molecule has 1 heterocycles. The van der Waals surface area contributed by atoms with Gasteiger partial charge in [-0.2, -0.15) is 16.5 Å². The second kappa shape index (κ2) is 9.29. The first-order valence-corrected chi connectivity index (χ1v) is 11.0. The predicted molar refractivity (Wildman–Crippen MR) is 99.3 cm³/mol. The number of fused-ring (bicyclic) bond motifs is 1. The van der Waals surface area contributed by atoms with Gasteiger partial charge < -0.3 is 19.9 Å². The summed E-state index contributed by atoms with van der Waals surface area (Å²) in [5, 5.41) is 0. The van der Waals surface area contributed by atoms with E-state index in [-0.39, 0.29) is 11.3 Å². The minimum Gasteiger partial charge on any atom is -0.486 e. The Morgan fingerprint density at radius 3 is 2.59 bits per heavy atom. The maximum absolute atomic E-state index is 12.7. The monoisotopic (exact) mass is 418 g/mol. The number of carbonyl (C=O) groups is 2. The largest absolute Gasteiger partial charge is 0.486 e. The van der Waals surface area contributed by atoms with Crippen LogP contribution in [0.2, 0.25) is 0 Å². The highest BCUT2D eigenvalue weighted by Gasteiger charge is 2.29. The number of esters is 1. The molecule has 9 nitrogen and oxygen atoms in total. The molecule has 0 saturated heterocycles. The van der Waals surface area contributed by atoms with Crippen LogP contribution >= 0.6 is 11.8 Å². The first-order valence-electron chi connectivity index (χ1n) is 8.15. The Balaban J connectivity index is 2.19. The van der Waals surface area contributed by atoms with Crippen LogP contribution in [0.1, 0.15) is 13.3 Å². The van der Waals surface area contributed by atoms with Crippen LogP contribution in [0, 0.1) is 0 Å². The Bertz CT molecular complexity index is 798. The van der Waals surface area contributed by atoms with Crippen molar-refractivity contribution in [3.63, 3.8) is 0 Å². The number of amides is 1. The lowest BCUT2D eigenvalue weighted by Crippen LogP contribution is -2.44. The van der Waals surface area contributed by atoms with Gasteiger partial charge in [0.05, 0.1) is 4.90 Å². The standard InChI is InChI=1S/C16H22N2O7S2/c1-10(15(17)19)25-16(20)12(5-8-26-2)18-27(21,22)11-3-4-13-14(9-11)24-7-6-23-13/h3-4,9-10,12,18H,5-8H2,1-2H3,(H2,17,19)/t10-,12+/m0/s1. The molecule has 150 valence electrons.